The molecule has 0 radical (unpaired) electrons. The molecule has 0 bridgehead atoms. The Hall–Kier alpha value is -3.08. The normalized spacial score (nSPS) is 24.6. The number of nitro benzene ring substituents is 1. The molecule has 0 aliphatic carbocycles. The molecule has 10 nitrogen and oxygen atoms in total. The lowest BCUT2D eigenvalue weighted by molar-refractivity contribution is -0.384. The Bertz CT molecular complexity index is 946. The van der Waals surface area contributed by atoms with Gasteiger partial charge in [0.05, 0.1) is 4.92 Å². The van der Waals surface area contributed by atoms with Crippen molar-refractivity contribution < 1.29 is 19.2 Å². The number of benzene rings is 1. The summed E-state index contributed by atoms with van der Waals surface area (Å²) in [6.07, 6.45) is 3.25. The lowest BCUT2D eigenvalue weighted by Gasteiger charge is -2.43. The van der Waals surface area contributed by atoms with Crippen LogP contribution in [0.4, 0.5) is 11.6 Å². The van der Waals surface area contributed by atoms with Gasteiger partial charge < -0.3 is 19.9 Å². The molecule has 2 saturated heterocycles. The summed E-state index contributed by atoms with van der Waals surface area (Å²) < 4.78 is 4.91. The van der Waals surface area contributed by atoms with Crippen LogP contribution >= 0.6 is 11.8 Å². The zero-order valence-electron chi connectivity index (χ0n) is 15.7. The summed E-state index contributed by atoms with van der Waals surface area (Å²) in [6.45, 7) is 3.80. The van der Waals surface area contributed by atoms with Crippen LogP contribution in [0, 0.1) is 10.1 Å². The van der Waals surface area contributed by atoms with Gasteiger partial charge >= 0.3 is 5.97 Å². The van der Waals surface area contributed by atoms with Crippen LogP contribution in [-0.4, -0.2) is 53.9 Å². The molecule has 1 amide bonds. The van der Waals surface area contributed by atoms with E-state index < -0.39 is 27.7 Å². The van der Waals surface area contributed by atoms with E-state index in [1.807, 2.05) is 13.8 Å². The van der Waals surface area contributed by atoms with Gasteiger partial charge in [-0.1, -0.05) is 0 Å². The van der Waals surface area contributed by atoms with Crippen LogP contribution in [0.15, 0.2) is 36.7 Å². The number of non-ortho nitro benzene ring substituents is 1. The van der Waals surface area contributed by atoms with Crippen LogP contribution in [0.5, 0.6) is 0 Å². The third-order valence-corrected chi connectivity index (χ3v) is 6.55. The number of carbonyl (C=O) groups is 2. The van der Waals surface area contributed by atoms with Crippen LogP contribution in [0.2, 0.25) is 0 Å². The first-order valence-electron chi connectivity index (χ1n) is 8.94. The molecular weight excluding hydrogens is 398 g/mol. The summed E-state index contributed by atoms with van der Waals surface area (Å²) in [7, 11) is 0. The van der Waals surface area contributed by atoms with Crippen molar-refractivity contribution in [2.75, 3.05) is 5.32 Å². The third-order valence-electron chi connectivity index (χ3n) is 4.98. The second-order valence-corrected chi connectivity index (χ2v) is 9.12. The first-order chi connectivity index (χ1) is 13.8. The van der Waals surface area contributed by atoms with E-state index in [9.17, 15) is 19.7 Å². The van der Waals surface area contributed by atoms with E-state index in [2.05, 4.69) is 15.3 Å². The van der Waals surface area contributed by atoms with Crippen molar-refractivity contribution >= 4 is 35.3 Å². The number of thioether (sulfide) groups is 1. The van der Waals surface area contributed by atoms with Crippen molar-refractivity contribution in [1.29, 1.82) is 0 Å². The molecule has 2 aliphatic rings. The summed E-state index contributed by atoms with van der Waals surface area (Å²) in [5.41, 5.74) is 0.605. The Morgan fingerprint density at radius 2 is 2.14 bits per heavy atom. The monoisotopic (exact) mass is 417 g/mol. The minimum atomic E-state index is -0.710. The number of β-lactam (4-membered cyclic amide) rings is 1. The van der Waals surface area contributed by atoms with Gasteiger partial charge in [-0.05, 0) is 31.5 Å². The van der Waals surface area contributed by atoms with Crippen molar-refractivity contribution in [2.45, 2.75) is 42.7 Å². The lowest BCUT2D eigenvalue weighted by Crippen LogP contribution is -2.68. The molecule has 11 heteroatoms. The Morgan fingerprint density at radius 1 is 1.41 bits per heavy atom. The number of esters is 1. The highest BCUT2D eigenvalue weighted by Gasteiger charge is 2.64. The van der Waals surface area contributed by atoms with Gasteiger partial charge in [0, 0.05) is 29.3 Å². The predicted molar refractivity (Wildman–Crippen MR) is 105 cm³/mol. The topological polar surface area (TPSA) is 130 Å². The highest BCUT2D eigenvalue weighted by Crippen LogP contribution is 2.51. The van der Waals surface area contributed by atoms with Gasteiger partial charge in [-0.15, -0.1) is 11.8 Å². The summed E-state index contributed by atoms with van der Waals surface area (Å²) in [5, 5.41) is 13.6. The zero-order chi connectivity index (χ0) is 20.8. The van der Waals surface area contributed by atoms with Crippen molar-refractivity contribution in [2.24, 2.45) is 0 Å². The number of aromatic nitrogens is 2. The minimum absolute atomic E-state index is 0.0190. The molecule has 1 aromatic carbocycles. The summed E-state index contributed by atoms with van der Waals surface area (Å²) in [6, 6.07) is 4.63. The van der Waals surface area contributed by atoms with E-state index in [4.69, 9.17) is 4.74 Å². The summed E-state index contributed by atoms with van der Waals surface area (Å²) >= 11 is 1.54. The number of nitro groups is 1. The Labute approximate surface area is 170 Å². The van der Waals surface area contributed by atoms with E-state index in [0.717, 1.165) is 0 Å². The van der Waals surface area contributed by atoms with E-state index in [-0.39, 0.29) is 23.6 Å². The van der Waals surface area contributed by atoms with Crippen LogP contribution in [0.25, 0.3) is 0 Å². The number of aromatic amines is 1. The quantitative estimate of drug-likeness (QED) is 0.315. The van der Waals surface area contributed by atoms with E-state index in [1.165, 1.54) is 23.9 Å². The van der Waals surface area contributed by atoms with Gasteiger partial charge in [0.15, 0.2) is 0 Å². The fourth-order valence-electron chi connectivity index (χ4n) is 3.57. The van der Waals surface area contributed by atoms with Crippen molar-refractivity contribution in [1.82, 2.24) is 14.9 Å². The number of H-pyrrole nitrogens is 1. The number of ether oxygens (including phenoxy) is 1. The molecule has 0 spiro atoms. The lowest BCUT2D eigenvalue weighted by atomic mass is 9.96. The number of hydrogen-bond acceptors (Lipinski definition) is 8. The largest absolute Gasteiger partial charge is 0.459 e. The van der Waals surface area contributed by atoms with Crippen LogP contribution in [-0.2, 0) is 20.9 Å². The maximum atomic E-state index is 12.8. The van der Waals surface area contributed by atoms with Crippen LogP contribution in [0.3, 0.4) is 0 Å². The van der Waals surface area contributed by atoms with Gasteiger partial charge in [-0.2, -0.15) is 0 Å². The van der Waals surface area contributed by atoms with Crippen LogP contribution in [0.1, 0.15) is 19.4 Å². The molecule has 152 valence electrons. The molecule has 2 N–H and O–H groups in total. The summed E-state index contributed by atoms with van der Waals surface area (Å²) in [5.74, 6) is -0.166. The molecule has 2 aliphatic heterocycles. The molecule has 3 heterocycles. The van der Waals surface area contributed by atoms with Gasteiger partial charge in [0.2, 0.25) is 11.9 Å². The van der Waals surface area contributed by atoms with E-state index in [1.54, 1.807) is 29.4 Å². The Kier molecular flexibility index (Phi) is 4.69. The average molecular weight is 417 g/mol. The molecule has 4 rings (SSSR count). The molecule has 29 heavy (non-hydrogen) atoms. The van der Waals surface area contributed by atoms with Crippen LogP contribution < -0.4 is 5.32 Å². The first kappa shape index (κ1) is 19.2. The third kappa shape index (κ3) is 3.41. The van der Waals surface area contributed by atoms with Crippen molar-refractivity contribution in [3.05, 3.63) is 52.3 Å². The first-order valence-corrected chi connectivity index (χ1v) is 9.82. The number of rotatable bonds is 6. The molecule has 2 aromatic rings. The SMILES string of the molecule is CC1(C)S[C@@H]2C(Nc3ncc[nH]3)C(=O)N2C1C(=O)OCc1ccc([N+](=O)[O-])cc1. The molecule has 3 atom stereocenters. The fraction of sp³-hybridized carbons (Fsp3) is 0.389. The average Bonchev–Trinajstić information content (AvgIpc) is 3.28. The van der Waals surface area contributed by atoms with Gasteiger partial charge in [-0.25, -0.2) is 9.78 Å². The minimum Gasteiger partial charge on any atom is -0.459 e. The van der Waals surface area contributed by atoms with E-state index in [0.29, 0.717) is 11.5 Å². The number of nitrogens with one attached hydrogen (secondary N) is 2. The maximum absolute atomic E-state index is 12.8. The molecule has 1 aromatic heterocycles. The molecule has 0 saturated carbocycles. The molecule has 2 unspecified atom stereocenters. The number of fused-ring (bicyclic) bond motifs is 1. The number of amides is 1. The van der Waals surface area contributed by atoms with Gasteiger partial charge in [0.25, 0.3) is 5.69 Å². The molecular formula is C18H19N5O5S. The highest BCUT2D eigenvalue weighted by atomic mass is 32.2. The Balaban J connectivity index is 1.41. The number of imidazole rings is 1. The summed E-state index contributed by atoms with van der Waals surface area (Å²) in [4.78, 5) is 44.3. The number of anilines is 1. The fourth-order valence-corrected chi connectivity index (χ4v) is 5.19. The second-order valence-electron chi connectivity index (χ2n) is 7.35. The van der Waals surface area contributed by atoms with Crippen molar-refractivity contribution in [3.8, 4) is 0 Å². The number of nitrogens with zero attached hydrogens (tertiary/aromatic N) is 3. The maximum Gasteiger partial charge on any atom is 0.330 e. The van der Waals surface area contributed by atoms with Gasteiger partial charge in [0.1, 0.15) is 24.1 Å². The highest BCUT2D eigenvalue weighted by molar-refractivity contribution is 8.01. The number of hydrogen-bond donors (Lipinski definition) is 2. The molecule has 2 fully saturated rings. The Morgan fingerprint density at radius 3 is 2.76 bits per heavy atom. The number of carbonyl (C=O) groups excluding carboxylic acids is 2. The van der Waals surface area contributed by atoms with E-state index >= 15 is 0 Å². The predicted octanol–water partition coefficient (Wildman–Crippen LogP) is 1.90. The van der Waals surface area contributed by atoms with Crippen molar-refractivity contribution in [3.63, 3.8) is 0 Å². The smallest absolute Gasteiger partial charge is 0.330 e. The van der Waals surface area contributed by atoms with Gasteiger partial charge in [-0.3, -0.25) is 14.9 Å². The standard InChI is InChI=1S/C18H19N5O5S/c1-18(2)13(16(25)28-9-10-3-5-11(6-4-10)23(26)27)22-14(24)12(15(22)29-18)21-17-19-7-8-20-17/h3-8,12-13,15H,9H2,1-2H3,(H2,19,20,21)/t12?,13?,15-/m1/s1. The zero-order valence-corrected chi connectivity index (χ0v) is 16.5. The second kappa shape index (κ2) is 7.07.